The van der Waals surface area contributed by atoms with E-state index in [-0.39, 0.29) is 24.9 Å². The Morgan fingerprint density at radius 2 is 1.83 bits per heavy atom. The number of urea groups is 1. The Bertz CT molecular complexity index is 896. The lowest BCUT2D eigenvalue weighted by Crippen LogP contribution is -2.43. The Kier molecular flexibility index (Phi) is 6.59. The molecule has 0 saturated carbocycles. The molecule has 0 aromatic heterocycles. The van der Waals surface area contributed by atoms with E-state index in [1.807, 2.05) is 0 Å². The Morgan fingerprint density at radius 3 is 2.43 bits per heavy atom. The van der Waals surface area contributed by atoms with Crippen molar-refractivity contribution in [3.8, 4) is 0 Å². The van der Waals surface area contributed by atoms with Crippen LogP contribution >= 0.6 is 0 Å². The highest BCUT2D eigenvalue weighted by Crippen LogP contribution is 2.29. The van der Waals surface area contributed by atoms with Gasteiger partial charge in [0.05, 0.1) is 17.8 Å². The maximum absolute atomic E-state index is 13.1. The summed E-state index contributed by atoms with van der Waals surface area (Å²) >= 11 is 0. The van der Waals surface area contributed by atoms with Crippen molar-refractivity contribution in [3.05, 3.63) is 71.0 Å². The highest BCUT2D eigenvalue weighted by molar-refractivity contribution is 6.01. The minimum atomic E-state index is -4.41. The number of carbonyl (C=O) groups is 1. The highest BCUT2D eigenvalue weighted by atomic mass is 19.4. The maximum atomic E-state index is 13.1. The molecule has 1 unspecified atom stereocenters. The first-order chi connectivity index (χ1) is 14.3. The summed E-state index contributed by atoms with van der Waals surface area (Å²) in [7, 11) is 0. The molecular weight excluding hydrogens is 402 g/mol. The number of rotatable bonds is 6. The first-order valence-corrected chi connectivity index (χ1v) is 9.43. The molecule has 1 heterocycles. The summed E-state index contributed by atoms with van der Waals surface area (Å²) in [6.45, 7) is 2.50. The second kappa shape index (κ2) is 9.15. The minimum Gasteiger partial charge on any atom is -0.390 e. The summed E-state index contributed by atoms with van der Waals surface area (Å²) < 4.78 is 51.4. The molecule has 0 bridgehead atoms. The SMILES string of the molecule is CCNC(=O)N(Cc1ccc(C(F)(F)F)cc1)CC1CC(c2ccc(F)cc2)=NO1. The van der Waals surface area contributed by atoms with E-state index >= 15 is 0 Å². The number of oxime groups is 1. The van der Waals surface area contributed by atoms with Crippen molar-refractivity contribution < 1.29 is 27.2 Å². The predicted octanol–water partition coefficient (Wildman–Crippen LogP) is 4.57. The first-order valence-electron chi connectivity index (χ1n) is 9.43. The van der Waals surface area contributed by atoms with Crippen LogP contribution in [0.1, 0.15) is 30.0 Å². The second-order valence-electron chi connectivity index (χ2n) is 6.89. The van der Waals surface area contributed by atoms with Crippen molar-refractivity contribution in [1.82, 2.24) is 10.2 Å². The molecule has 3 rings (SSSR count). The Hall–Kier alpha value is -3.10. The zero-order valence-electron chi connectivity index (χ0n) is 16.2. The van der Waals surface area contributed by atoms with Gasteiger partial charge in [-0.3, -0.25) is 0 Å². The van der Waals surface area contributed by atoms with E-state index in [4.69, 9.17) is 4.84 Å². The summed E-state index contributed by atoms with van der Waals surface area (Å²) in [6.07, 6.45) is -4.40. The van der Waals surface area contributed by atoms with Gasteiger partial charge in [0.1, 0.15) is 5.82 Å². The standard InChI is InChI=1S/C21H21F4N3O2/c1-2-26-20(29)28(12-14-3-7-16(8-4-14)21(23,24)25)13-18-11-19(27-30-18)15-5-9-17(22)10-6-15/h3-10,18H,2,11-13H2,1H3,(H,26,29). The van der Waals surface area contributed by atoms with Crippen LogP contribution in [0.5, 0.6) is 0 Å². The van der Waals surface area contributed by atoms with Crippen LogP contribution in [0, 0.1) is 5.82 Å². The Labute approximate surface area is 171 Å². The maximum Gasteiger partial charge on any atom is 0.416 e. The molecule has 0 fully saturated rings. The molecular formula is C21H21F4N3O2. The van der Waals surface area contributed by atoms with E-state index < -0.39 is 17.8 Å². The van der Waals surface area contributed by atoms with E-state index in [1.165, 1.54) is 29.2 Å². The minimum absolute atomic E-state index is 0.121. The van der Waals surface area contributed by atoms with Crippen molar-refractivity contribution in [2.45, 2.75) is 32.2 Å². The molecule has 0 radical (unpaired) electrons. The van der Waals surface area contributed by atoms with Crippen molar-refractivity contribution in [2.75, 3.05) is 13.1 Å². The monoisotopic (exact) mass is 423 g/mol. The van der Waals surface area contributed by atoms with Crippen LogP contribution in [-0.2, 0) is 17.6 Å². The molecule has 2 amide bonds. The van der Waals surface area contributed by atoms with Gasteiger partial charge in [0.25, 0.3) is 0 Å². The molecule has 1 atom stereocenters. The van der Waals surface area contributed by atoms with E-state index in [0.29, 0.717) is 24.2 Å². The lowest BCUT2D eigenvalue weighted by Gasteiger charge is -2.25. The van der Waals surface area contributed by atoms with E-state index in [0.717, 1.165) is 17.7 Å². The zero-order chi connectivity index (χ0) is 21.7. The third-order valence-corrected chi connectivity index (χ3v) is 4.60. The van der Waals surface area contributed by atoms with Crippen LogP contribution < -0.4 is 5.32 Å². The number of carbonyl (C=O) groups excluding carboxylic acids is 1. The number of halogens is 4. The van der Waals surface area contributed by atoms with Gasteiger partial charge in [-0.25, -0.2) is 9.18 Å². The normalized spacial score (nSPS) is 16.0. The lowest BCUT2D eigenvalue weighted by atomic mass is 10.0. The van der Waals surface area contributed by atoms with E-state index in [2.05, 4.69) is 10.5 Å². The molecule has 30 heavy (non-hydrogen) atoms. The number of benzene rings is 2. The molecule has 1 aliphatic rings. The Morgan fingerprint density at radius 1 is 1.17 bits per heavy atom. The smallest absolute Gasteiger partial charge is 0.390 e. The number of nitrogens with zero attached hydrogens (tertiary/aromatic N) is 2. The van der Waals surface area contributed by atoms with Crippen molar-refractivity contribution in [3.63, 3.8) is 0 Å². The van der Waals surface area contributed by atoms with Crippen molar-refractivity contribution in [1.29, 1.82) is 0 Å². The second-order valence-corrected chi connectivity index (χ2v) is 6.89. The van der Waals surface area contributed by atoms with Gasteiger partial charge in [-0.05, 0) is 42.3 Å². The highest BCUT2D eigenvalue weighted by Gasteiger charge is 2.30. The van der Waals surface area contributed by atoms with Gasteiger partial charge >= 0.3 is 12.2 Å². The first kappa shape index (κ1) is 21.6. The fourth-order valence-electron chi connectivity index (χ4n) is 3.09. The number of amides is 2. The molecule has 5 nitrogen and oxygen atoms in total. The molecule has 0 aliphatic carbocycles. The van der Waals surface area contributed by atoms with Gasteiger partial charge in [0, 0.05) is 19.5 Å². The zero-order valence-corrected chi connectivity index (χ0v) is 16.2. The van der Waals surface area contributed by atoms with Gasteiger partial charge in [0.2, 0.25) is 0 Å². The molecule has 2 aromatic rings. The third kappa shape index (κ3) is 5.49. The summed E-state index contributed by atoms with van der Waals surface area (Å²) in [5.74, 6) is -0.353. The molecule has 0 spiro atoms. The average molecular weight is 423 g/mol. The fourth-order valence-corrected chi connectivity index (χ4v) is 3.09. The molecule has 1 aliphatic heterocycles. The Balaban J connectivity index is 1.66. The lowest BCUT2D eigenvalue weighted by molar-refractivity contribution is -0.137. The van der Waals surface area contributed by atoms with Crippen LogP contribution in [0.15, 0.2) is 53.7 Å². The molecule has 160 valence electrons. The molecule has 9 heteroatoms. The predicted molar refractivity (Wildman–Crippen MR) is 103 cm³/mol. The van der Waals surface area contributed by atoms with Crippen LogP contribution in [0.3, 0.4) is 0 Å². The summed E-state index contributed by atoms with van der Waals surface area (Å²) in [5.41, 5.74) is 1.19. The summed E-state index contributed by atoms with van der Waals surface area (Å²) in [6, 6.07) is 10.2. The van der Waals surface area contributed by atoms with Gasteiger partial charge in [0.15, 0.2) is 6.10 Å². The van der Waals surface area contributed by atoms with Crippen LogP contribution in [0.4, 0.5) is 22.4 Å². The number of hydrogen-bond acceptors (Lipinski definition) is 3. The average Bonchev–Trinajstić information content (AvgIpc) is 3.16. The molecule has 2 aromatic carbocycles. The summed E-state index contributed by atoms with van der Waals surface area (Å²) in [4.78, 5) is 19.4. The van der Waals surface area contributed by atoms with Gasteiger partial charge in [-0.1, -0.05) is 29.4 Å². The van der Waals surface area contributed by atoms with E-state index in [9.17, 15) is 22.4 Å². The molecule has 1 N–H and O–H groups in total. The van der Waals surface area contributed by atoms with Crippen LogP contribution in [-0.4, -0.2) is 35.8 Å². The largest absolute Gasteiger partial charge is 0.416 e. The quantitative estimate of drug-likeness (QED) is 0.692. The molecule has 0 saturated heterocycles. The number of hydrogen-bond donors (Lipinski definition) is 1. The number of alkyl halides is 3. The summed E-state index contributed by atoms with van der Waals surface area (Å²) in [5, 5.41) is 6.73. The van der Waals surface area contributed by atoms with Gasteiger partial charge in [-0.15, -0.1) is 0 Å². The van der Waals surface area contributed by atoms with Crippen molar-refractivity contribution in [2.24, 2.45) is 5.16 Å². The van der Waals surface area contributed by atoms with E-state index in [1.54, 1.807) is 19.1 Å². The van der Waals surface area contributed by atoms with Gasteiger partial charge < -0.3 is 15.1 Å². The third-order valence-electron chi connectivity index (χ3n) is 4.60. The topological polar surface area (TPSA) is 53.9 Å². The fraction of sp³-hybridized carbons (Fsp3) is 0.333. The number of nitrogens with one attached hydrogen (secondary N) is 1. The van der Waals surface area contributed by atoms with Crippen molar-refractivity contribution >= 4 is 11.7 Å². The van der Waals surface area contributed by atoms with Crippen LogP contribution in [0.2, 0.25) is 0 Å². The van der Waals surface area contributed by atoms with Gasteiger partial charge in [-0.2, -0.15) is 13.2 Å². The van der Waals surface area contributed by atoms with Crippen LogP contribution in [0.25, 0.3) is 0 Å².